The van der Waals surface area contributed by atoms with Gasteiger partial charge in [0.1, 0.15) is 0 Å². The van der Waals surface area contributed by atoms with E-state index in [0.29, 0.717) is 0 Å². The van der Waals surface area contributed by atoms with Crippen LogP contribution < -0.4 is 5.43 Å². The maximum Gasteiger partial charge on any atom is 0.173 e. The number of rotatable bonds is 8. The van der Waals surface area contributed by atoms with Crippen LogP contribution in [0, 0.1) is 0 Å². The lowest BCUT2D eigenvalue weighted by Crippen LogP contribution is -2.14. The largest absolute Gasteiger partial charge is 0.257 e. The predicted molar refractivity (Wildman–Crippen MR) is 292 cm³/mol. The predicted octanol–water partition coefficient (Wildman–Crippen LogP) is 17.2. The number of hydrazone groups is 1. The minimum absolute atomic E-state index is 0.0164. The molecule has 0 bridgehead atoms. The van der Waals surface area contributed by atoms with Crippen LogP contribution in [0.2, 0.25) is 0 Å². The topological polar surface area (TPSA) is 34.3 Å². The molecule has 0 atom stereocenters. The molecule has 0 radical (unpaired) electrons. The molecule has 2 nitrogen and oxygen atoms in total. The summed E-state index contributed by atoms with van der Waals surface area (Å²) in [6, 6.07) is 90.8. The molecule has 11 aromatic carbocycles. The number of hydrogen-bond donors (Lipinski definition) is 1. The van der Waals surface area contributed by atoms with Crippen LogP contribution in [0.1, 0.15) is 41.7 Å². The zero-order chi connectivity index (χ0) is 46.3. The van der Waals surface area contributed by atoms with Crippen LogP contribution >= 0.6 is 0 Å². The van der Waals surface area contributed by atoms with E-state index in [0.717, 1.165) is 17.8 Å². The van der Waals surface area contributed by atoms with Crippen molar-refractivity contribution in [2.24, 2.45) is 5.10 Å². The Labute approximate surface area is 404 Å². The molecular weight excluding hydrogens is 833 g/mol. The van der Waals surface area contributed by atoms with Crippen molar-refractivity contribution in [3.05, 3.63) is 277 Å². The molecule has 0 fully saturated rings. The van der Waals surface area contributed by atoms with Crippen LogP contribution in [0.4, 0.5) is 0 Å². The van der Waals surface area contributed by atoms with Crippen LogP contribution in [0.25, 0.3) is 88.3 Å². The second-order valence-corrected chi connectivity index (χ2v) is 18.8. The molecule has 13 rings (SSSR count). The SMILES string of the molecule is CC1(C)c2ccccc2-c2ccc(-c3ccc(-c4ccc(-c5ccc(-c6ccc(Cc7ccc(-c8ccccc8)cc7)cc6)c6ccccc56)c5ccccc45)cc3)cc21.c1ccc(C2=NN2)cc1. The first-order valence-electron chi connectivity index (χ1n) is 24.0. The quantitative estimate of drug-likeness (QED) is 0.162. The monoisotopic (exact) mass is 882 g/mol. The van der Waals surface area contributed by atoms with Crippen molar-refractivity contribution >= 4 is 27.4 Å². The molecule has 0 amide bonds. The highest BCUT2D eigenvalue weighted by molar-refractivity contribution is 6.12. The van der Waals surface area contributed by atoms with Gasteiger partial charge in [0.2, 0.25) is 0 Å². The van der Waals surface area contributed by atoms with Gasteiger partial charge in [0.25, 0.3) is 0 Å². The molecule has 328 valence electrons. The number of benzene rings is 11. The van der Waals surface area contributed by atoms with Gasteiger partial charge in [0.15, 0.2) is 5.84 Å². The van der Waals surface area contributed by atoms with Gasteiger partial charge in [-0.3, -0.25) is 5.43 Å². The Bertz CT molecular complexity index is 3700. The maximum atomic E-state index is 3.84. The molecular formula is C67H50N2. The number of nitrogens with zero attached hydrogens (tertiary/aromatic N) is 1. The zero-order valence-electron chi connectivity index (χ0n) is 38.8. The summed E-state index contributed by atoms with van der Waals surface area (Å²) in [6.45, 7) is 4.70. The van der Waals surface area contributed by atoms with Crippen molar-refractivity contribution in [2.45, 2.75) is 25.7 Å². The molecule has 2 aliphatic rings. The van der Waals surface area contributed by atoms with Gasteiger partial charge in [0.05, 0.1) is 0 Å². The van der Waals surface area contributed by atoms with Gasteiger partial charge in [-0.25, -0.2) is 0 Å². The van der Waals surface area contributed by atoms with Crippen molar-refractivity contribution in [1.29, 1.82) is 0 Å². The third kappa shape index (κ3) is 8.00. The van der Waals surface area contributed by atoms with Gasteiger partial charge in [0, 0.05) is 11.0 Å². The molecule has 11 aromatic rings. The molecule has 69 heavy (non-hydrogen) atoms. The number of hydrogen-bond acceptors (Lipinski definition) is 2. The van der Waals surface area contributed by atoms with E-state index in [1.165, 1.54) is 111 Å². The van der Waals surface area contributed by atoms with Crippen molar-refractivity contribution in [3.8, 4) is 66.8 Å². The first-order valence-corrected chi connectivity index (χ1v) is 24.0. The van der Waals surface area contributed by atoms with Crippen molar-refractivity contribution in [3.63, 3.8) is 0 Å². The Morgan fingerprint density at radius 3 is 1.22 bits per heavy atom. The van der Waals surface area contributed by atoms with Crippen molar-refractivity contribution in [2.75, 3.05) is 0 Å². The van der Waals surface area contributed by atoms with Crippen LogP contribution in [-0.2, 0) is 11.8 Å². The van der Waals surface area contributed by atoms with E-state index in [1.807, 2.05) is 30.3 Å². The molecule has 0 spiro atoms. The van der Waals surface area contributed by atoms with E-state index >= 15 is 0 Å². The maximum absolute atomic E-state index is 3.84. The number of fused-ring (bicyclic) bond motifs is 5. The van der Waals surface area contributed by atoms with Gasteiger partial charge >= 0.3 is 0 Å². The average molecular weight is 883 g/mol. The van der Waals surface area contributed by atoms with E-state index in [4.69, 9.17) is 0 Å². The number of nitrogens with one attached hydrogen (secondary N) is 1. The summed E-state index contributed by atoms with van der Waals surface area (Å²) < 4.78 is 0. The first-order chi connectivity index (χ1) is 34.0. The summed E-state index contributed by atoms with van der Waals surface area (Å²) in [5.41, 5.74) is 24.6. The summed E-state index contributed by atoms with van der Waals surface area (Å²) in [6.07, 6.45) is 0.908. The highest BCUT2D eigenvalue weighted by Gasteiger charge is 2.35. The van der Waals surface area contributed by atoms with Crippen LogP contribution in [-0.4, -0.2) is 5.84 Å². The molecule has 1 aliphatic carbocycles. The molecule has 0 saturated carbocycles. The smallest absolute Gasteiger partial charge is 0.173 e. The lowest BCUT2D eigenvalue weighted by Gasteiger charge is -2.22. The van der Waals surface area contributed by atoms with E-state index in [1.54, 1.807) is 0 Å². The second-order valence-electron chi connectivity index (χ2n) is 18.8. The Morgan fingerprint density at radius 1 is 0.304 bits per heavy atom. The van der Waals surface area contributed by atoms with Crippen LogP contribution in [0.3, 0.4) is 0 Å². The minimum Gasteiger partial charge on any atom is -0.257 e. The second kappa shape index (κ2) is 17.6. The Morgan fingerprint density at radius 2 is 0.667 bits per heavy atom. The highest BCUT2D eigenvalue weighted by atomic mass is 15.5. The molecule has 0 saturated heterocycles. The van der Waals surface area contributed by atoms with E-state index in [2.05, 4.69) is 243 Å². The molecule has 1 heterocycles. The number of amidine groups is 1. The molecule has 1 N–H and O–H groups in total. The van der Waals surface area contributed by atoms with E-state index < -0.39 is 0 Å². The molecule has 2 heteroatoms. The standard InChI is InChI=1S/C60H44.C7H6N2/c1-60(2)58-19-11-10-18-56(58)57-33-32-47(39-59(57)60)44-28-30-46(31-29-44)49-35-37-55(53-17-9-7-15-51(49)53)54-36-34-48(50-14-6-8-16-52(50)54)45-26-22-41(23-27-45)38-40-20-24-43(25-21-40)42-12-4-3-5-13-42;1-2-4-6(5-3-1)7-8-9-7/h3-37,39H,38H2,1-2H3;1-5H,(H,8,9). The average Bonchev–Trinajstić information content (AvgIpc) is 4.25. The minimum atomic E-state index is -0.0164. The Hall–Kier alpha value is -8.59. The summed E-state index contributed by atoms with van der Waals surface area (Å²) in [4.78, 5) is 0. The molecule has 0 aromatic heterocycles. The van der Waals surface area contributed by atoms with E-state index in [-0.39, 0.29) is 5.41 Å². The normalized spacial score (nSPS) is 12.9. The zero-order valence-corrected chi connectivity index (χ0v) is 38.8. The highest BCUT2D eigenvalue weighted by Crippen LogP contribution is 2.50. The lowest BCUT2D eigenvalue weighted by atomic mass is 9.81. The summed E-state index contributed by atoms with van der Waals surface area (Å²) in [7, 11) is 0. The van der Waals surface area contributed by atoms with Gasteiger partial charge in [-0.05, 0) is 123 Å². The van der Waals surface area contributed by atoms with Crippen molar-refractivity contribution in [1.82, 2.24) is 5.43 Å². The molecule has 1 aliphatic heterocycles. The first kappa shape index (κ1) is 41.8. The third-order valence-electron chi connectivity index (χ3n) is 14.3. The fourth-order valence-electron chi connectivity index (χ4n) is 10.5. The fraction of sp³-hybridized carbons (Fsp3) is 0.0597. The van der Waals surface area contributed by atoms with E-state index in [9.17, 15) is 0 Å². The summed E-state index contributed by atoms with van der Waals surface area (Å²) >= 11 is 0. The van der Waals surface area contributed by atoms with Gasteiger partial charge in [-0.1, -0.05) is 257 Å². The summed E-state index contributed by atoms with van der Waals surface area (Å²) in [5, 5.41) is 8.89. The fourth-order valence-corrected chi connectivity index (χ4v) is 10.5. The van der Waals surface area contributed by atoms with Gasteiger partial charge in [-0.2, -0.15) is 5.10 Å². The van der Waals surface area contributed by atoms with Gasteiger partial charge in [-0.15, -0.1) is 0 Å². The molecule has 0 unspecified atom stereocenters. The Balaban J connectivity index is 0.000000489. The Kier molecular flexibility index (Phi) is 10.6. The van der Waals surface area contributed by atoms with Crippen molar-refractivity contribution < 1.29 is 0 Å². The summed E-state index contributed by atoms with van der Waals surface area (Å²) in [5.74, 6) is 0.996. The lowest BCUT2D eigenvalue weighted by molar-refractivity contribution is 0.660. The van der Waals surface area contributed by atoms with Crippen LogP contribution in [0.5, 0.6) is 0 Å². The van der Waals surface area contributed by atoms with Crippen LogP contribution in [0.15, 0.2) is 254 Å². The van der Waals surface area contributed by atoms with Gasteiger partial charge < -0.3 is 0 Å². The third-order valence-corrected chi connectivity index (χ3v) is 14.3.